The van der Waals surface area contributed by atoms with Crippen molar-refractivity contribution in [1.82, 2.24) is 19.9 Å². The van der Waals surface area contributed by atoms with Crippen molar-refractivity contribution in [2.45, 2.75) is 17.5 Å². The maximum atomic E-state index is 13.7. The molecule has 5 rings (SSSR count). The molecular weight excluding hydrogens is 556 g/mol. The van der Waals surface area contributed by atoms with Crippen LogP contribution in [0.1, 0.15) is 27.6 Å². The van der Waals surface area contributed by atoms with Crippen molar-refractivity contribution < 1.29 is 21.6 Å². The van der Waals surface area contributed by atoms with Crippen molar-refractivity contribution in [3.8, 4) is 11.1 Å². The van der Waals surface area contributed by atoms with Gasteiger partial charge in [0.25, 0.3) is 0 Å². The minimum Gasteiger partial charge on any atom is -0.760 e. The largest absolute Gasteiger partial charge is 0.760 e. The Kier molecular flexibility index (Phi) is 7.47. The van der Waals surface area contributed by atoms with Gasteiger partial charge in [0.1, 0.15) is 5.01 Å². The van der Waals surface area contributed by atoms with E-state index < -0.39 is 26.4 Å². The molecule has 2 aromatic heterocycles. The first kappa shape index (κ1) is 25.6. The molecule has 0 saturated heterocycles. The lowest BCUT2D eigenvalue weighted by molar-refractivity contribution is 0.440. The maximum Gasteiger partial charge on any atom is 0.241 e. The van der Waals surface area contributed by atoms with Gasteiger partial charge >= 0.3 is 0 Å². The van der Waals surface area contributed by atoms with E-state index in [9.17, 15) is 17.2 Å². The van der Waals surface area contributed by atoms with Crippen LogP contribution < -0.4 is 4.72 Å². The van der Waals surface area contributed by atoms with Crippen LogP contribution in [-0.4, -0.2) is 32.4 Å². The van der Waals surface area contributed by atoms with E-state index in [1.165, 1.54) is 11.3 Å². The van der Waals surface area contributed by atoms with E-state index in [1.54, 1.807) is 36.4 Å². The zero-order chi connectivity index (χ0) is 26.0. The Morgan fingerprint density at radius 1 is 1.03 bits per heavy atom. The molecule has 0 saturated carbocycles. The molecule has 13 heteroatoms. The van der Waals surface area contributed by atoms with Gasteiger partial charge < -0.3 is 8.97 Å². The highest BCUT2D eigenvalue weighted by Crippen LogP contribution is 2.38. The van der Waals surface area contributed by atoms with Gasteiger partial charge in [-0.25, -0.2) is 18.1 Å². The molecular formula is C24H18ClN4O5S3-. The zero-order valence-corrected chi connectivity index (χ0v) is 22.1. The molecule has 1 N–H and O–H groups in total. The number of nitrogens with zero attached hydrogens (tertiary/aromatic N) is 3. The number of halogens is 1. The highest BCUT2D eigenvalue weighted by molar-refractivity contribution is 7.91. The first-order chi connectivity index (χ1) is 17.8. The third kappa shape index (κ3) is 5.95. The Hall–Kier alpha value is -3.00. The second-order valence-electron chi connectivity index (χ2n) is 8.01. The standard InChI is InChI=1S/C24H19ClN4O5S3/c25-18-8-4-7-16(11-18)17-9-10-19-20(12-17)35-24(27-19)22(23-29-28-21(34-23)13-26-36(30)31)37(32,33)14-15-5-2-1-3-6-15/h1-12,22,26H,13-14H2,(H,30,31)/p-1. The third-order valence-corrected chi connectivity index (χ3v) is 9.13. The summed E-state index contributed by atoms with van der Waals surface area (Å²) in [5, 5.41) is 7.30. The highest BCUT2D eigenvalue weighted by atomic mass is 35.5. The smallest absolute Gasteiger partial charge is 0.241 e. The second-order valence-corrected chi connectivity index (χ2v) is 12.4. The van der Waals surface area contributed by atoms with Crippen LogP contribution in [0.25, 0.3) is 21.3 Å². The van der Waals surface area contributed by atoms with Gasteiger partial charge in [0.2, 0.25) is 11.8 Å². The number of hydrogen-bond donors (Lipinski definition) is 1. The summed E-state index contributed by atoms with van der Waals surface area (Å²) in [6.45, 7) is -0.266. The Balaban J connectivity index is 1.56. The molecule has 2 unspecified atom stereocenters. The van der Waals surface area contributed by atoms with E-state index in [2.05, 4.69) is 19.9 Å². The average Bonchev–Trinajstić information content (AvgIpc) is 3.49. The van der Waals surface area contributed by atoms with Gasteiger partial charge in [-0.05, 0) is 41.0 Å². The molecule has 5 aromatic rings. The van der Waals surface area contributed by atoms with Crippen LogP contribution in [0.4, 0.5) is 0 Å². The summed E-state index contributed by atoms with van der Waals surface area (Å²) in [6.07, 6.45) is 0. The fourth-order valence-electron chi connectivity index (χ4n) is 3.77. The Bertz CT molecular complexity index is 1690. The number of rotatable bonds is 9. The van der Waals surface area contributed by atoms with Gasteiger partial charge in [0, 0.05) is 16.3 Å². The van der Waals surface area contributed by atoms with E-state index in [0.29, 0.717) is 16.1 Å². The summed E-state index contributed by atoms with van der Waals surface area (Å²) in [4.78, 5) is 4.60. The summed E-state index contributed by atoms with van der Waals surface area (Å²) in [6, 6.07) is 21.8. The van der Waals surface area contributed by atoms with E-state index >= 15 is 0 Å². The van der Waals surface area contributed by atoms with E-state index in [0.717, 1.165) is 15.8 Å². The molecule has 2 atom stereocenters. The fourth-order valence-corrected chi connectivity index (χ4v) is 7.35. The zero-order valence-electron chi connectivity index (χ0n) is 18.9. The quantitative estimate of drug-likeness (QED) is 0.253. The number of fused-ring (bicyclic) bond motifs is 1. The summed E-state index contributed by atoms with van der Waals surface area (Å²) in [5.41, 5.74) is 3.04. The predicted octanol–water partition coefficient (Wildman–Crippen LogP) is 4.59. The molecule has 0 aliphatic heterocycles. The van der Waals surface area contributed by atoms with Crippen molar-refractivity contribution in [2.24, 2.45) is 0 Å². The van der Waals surface area contributed by atoms with Gasteiger partial charge in [0.15, 0.2) is 15.1 Å². The SMILES string of the molecule is O=S([O-])NCc1nnc(C(c2nc3ccc(-c4cccc(Cl)c4)cc3s2)S(=O)(=O)Cc2ccccc2)o1. The van der Waals surface area contributed by atoms with Crippen LogP contribution >= 0.6 is 22.9 Å². The molecule has 0 bridgehead atoms. The number of nitrogens with one attached hydrogen (secondary N) is 1. The van der Waals surface area contributed by atoms with Crippen molar-refractivity contribution in [3.05, 3.63) is 100 Å². The Morgan fingerprint density at radius 2 is 1.81 bits per heavy atom. The molecule has 9 nitrogen and oxygen atoms in total. The van der Waals surface area contributed by atoms with Crippen LogP contribution in [0, 0.1) is 0 Å². The summed E-state index contributed by atoms with van der Waals surface area (Å²) in [7, 11) is -3.92. The van der Waals surface area contributed by atoms with Crippen molar-refractivity contribution in [2.75, 3.05) is 0 Å². The van der Waals surface area contributed by atoms with Crippen molar-refractivity contribution in [3.63, 3.8) is 0 Å². The molecule has 0 aliphatic carbocycles. The van der Waals surface area contributed by atoms with E-state index in [-0.39, 0.29) is 29.1 Å². The summed E-state index contributed by atoms with van der Waals surface area (Å²) in [5.74, 6) is -0.523. The van der Waals surface area contributed by atoms with Crippen LogP contribution in [-0.2, 0) is 33.4 Å². The molecule has 3 aromatic carbocycles. The molecule has 37 heavy (non-hydrogen) atoms. The lowest BCUT2D eigenvalue weighted by Gasteiger charge is -2.12. The monoisotopic (exact) mass is 573 g/mol. The molecule has 0 radical (unpaired) electrons. The third-order valence-electron chi connectivity index (χ3n) is 5.41. The van der Waals surface area contributed by atoms with Crippen LogP contribution in [0.5, 0.6) is 0 Å². The maximum absolute atomic E-state index is 13.7. The Morgan fingerprint density at radius 3 is 2.57 bits per heavy atom. The number of sulfone groups is 1. The topological polar surface area (TPSA) is 138 Å². The van der Waals surface area contributed by atoms with Gasteiger partial charge in [0.05, 0.1) is 22.5 Å². The molecule has 2 heterocycles. The number of hydrogen-bond acceptors (Lipinski definition) is 9. The van der Waals surface area contributed by atoms with Crippen LogP contribution in [0.15, 0.2) is 77.2 Å². The number of thiazole rings is 1. The van der Waals surface area contributed by atoms with Gasteiger partial charge in [-0.15, -0.1) is 21.5 Å². The fraction of sp³-hybridized carbons (Fsp3) is 0.125. The van der Waals surface area contributed by atoms with Crippen LogP contribution in [0.2, 0.25) is 5.02 Å². The van der Waals surface area contributed by atoms with Crippen LogP contribution in [0.3, 0.4) is 0 Å². The lowest BCUT2D eigenvalue weighted by Crippen LogP contribution is -2.17. The minimum absolute atomic E-state index is 0.0662. The molecule has 0 spiro atoms. The molecule has 0 aliphatic rings. The lowest BCUT2D eigenvalue weighted by atomic mass is 10.1. The number of aromatic nitrogens is 3. The Labute approximate surface area is 223 Å². The average molecular weight is 574 g/mol. The first-order valence-corrected chi connectivity index (χ1v) is 14.8. The second kappa shape index (κ2) is 10.8. The summed E-state index contributed by atoms with van der Waals surface area (Å²) < 4.78 is 57.5. The molecule has 190 valence electrons. The van der Waals surface area contributed by atoms with Crippen molar-refractivity contribution in [1.29, 1.82) is 0 Å². The van der Waals surface area contributed by atoms with Gasteiger partial charge in [-0.1, -0.05) is 60.1 Å². The minimum atomic E-state index is -3.92. The highest BCUT2D eigenvalue weighted by Gasteiger charge is 2.37. The molecule has 0 amide bonds. The van der Waals surface area contributed by atoms with Crippen molar-refractivity contribution >= 4 is 54.3 Å². The summed E-state index contributed by atoms with van der Waals surface area (Å²) >= 11 is 4.82. The first-order valence-electron chi connectivity index (χ1n) is 10.9. The molecule has 0 fully saturated rings. The number of benzene rings is 3. The van der Waals surface area contributed by atoms with Gasteiger partial charge in [-0.2, -0.15) is 0 Å². The van der Waals surface area contributed by atoms with Gasteiger partial charge in [-0.3, -0.25) is 4.21 Å². The van der Waals surface area contributed by atoms with E-state index in [4.69, 9.17) is 16.0 Å². The normalized spacial score (nSPS) is 13.6. The predicted molar refractivity (Wildman–Crippen MR) is 141 cm³/mol. The van der Waals surface area contributed by atoms with E-state index in [1.807, 2.05) is 36.4 Å².